The molecular formula is C12H13ClN4OS. The van der Waals surface area contributed by atoms with Crippen molar-refractivity contribution >= 4 is 29.7 Å². The van der Waals surface area contributed by atoms with Crippen LogP contribution in [0.3, 0.4) is 0 Å². The van der Waals surface area contributed by atoms with Crippen molar-refractivity contribution in [3.63, 3.8) is 0 Å². The highest BCUT2D eigenvalue weighted by Crippen LogP contribution is 2.09. The zero-order chi connectivity index (χ0) is 13.8. The number of rotatable bonds is 4. The predicted octanol–water partition coefficient (Wildman–Crippen LogP) is 2.54. The lowest BCUT2D eigenvalue weighted by molar-refractivity contribution is 0.0949. The standard InChI is InChI=1S/C12H13ClN4OS/c1-2-17-10(15-16-12(17)19)7-14-11(18)8-3-5-9(13)6-4-8/h3-6H,2,7H2,1H3,(H,14,18)(H,16,19). The van der Waals surface area contributed by atoms with Gasteiger partial charge in [-0.1, -0.05) is 11.6 Å². The number of aromatic nitrogens is 3. The first-order chi connectivity index (χ1) is 9.11. The molecule has 100 valence electrons. The molecule has 0 radical (unpaired) electrons. The second kappa shape index (κ2) is 5.99. The summed E-state index contributed by atoms with van der Waals surface area (Å²) in [5, 5.41) is 10.2. The third-order valence-electron chi connectivity index (χ3n) is 2.67. The van der Waals surface area contributed by atoms with Crippen molar-refractivity contribution in [3.8, 4) is 0 Å². The van der Waals surface area contributed by atoms with Gasteiger partial charge in [0.1, 0.15) is 0 Å². The lowest BCUT2D eigenvalue weighted by Crippen LogP contribution is -2.24. The average Bonchev–Trinajstić information content (AvgIpc) is 2.77. The molecule has 19 heavy (non-hydrogen) atoms. The number of hydrogen-bond acceptors (Lipinski definition) is 3. The van der Waals surface area contributed by atoms with Crippen LogP contribution in [0.4, 0.5) is 0 Å². The number of hydrogen-bond donors (Lipinski definition) is 2. The molecule has 0 unspecified atom stereocenters. The monoisotopic (exact) mass is 296 g/mol. The maximum atomic E-state index is 11.9. The summed E-state index contributed by atoms with van der Waals surface area (Å²) in [6.45, 7) is 3.00. The van der Waals surface area contributed by atoms with Gasteiger partial charge in [0, 0.05) is 17.1 Å². The van der Waals surface area contributed by atoms with Gasteiger partial charge in [0.15, 0.2) is 10.6 Å². The van der Waals surface area contributed by atoms with Gasteiger partial charge in [0.25, 0.3) is 5.91 Å². The van der Waals surface area contributed by atoms with Crippen LogP contribution in [-0.4, -0.2) is 20.7 Å². The quantitative estimate of drug-likeness (QED) is 0.852. The van der Waals surface area contributed by atoms with Crippen molar-refractivity contribution in [2.24, 2.45) is 0 Å². The van der Waals surface area contributed by atoms with Gasteiger partial charge >= 0.3 is 0 Å². The molecule has 2 aromatic rings. The van der Waals surface area contributed by atoms with Crippen LogP contribution < -0.4 is 5.32 Å². The van der Waals surface area contributed by atoms with Gasteiger partial charge in [-0.2, -0.15) is 5.10 Å². The van der Waals surface area contributed by atoms with Gasteiger partial charge in [-0.15, -0.1) is 0 Å². The molecule has 1 aromatic heterocycles. The maximum absolute atomic E-state index is 11.9. The Morgan fingerprint density at radius 2 is 2.16 bits per heavy atom. The van der Waals surface area contributed by atoms with E-state index in [1.165, 1.54) is 0 Å². The maximum Gasteiger partial charge on any atom is 0.251 e. The molecule has 0 saturated carbocycles. The van der Waals surface area contributed by atoms with Crippen LogP contribution in [0.25, 0.3) is 0 Å². The summed E-state index contributed by atoms with van der Waals surface area (Å²) < 4.78 is 2.38. The van der Waals surface area contributed by atoms with Crippen molar-refractivity contribution < 1.29 is 4.79 Å². The normalized spacial score (nSPS) is 10.4. The smallest absolute Gasteiger partial charge is 0.251 e. The number of H-pyrrole nitrogens is 1. The Labute approximate surface area is 120 Å². The summed E-state index contributed by atoms with van der Waals surface area (Å²) in [7, 11) is 0. The Morgan fingerprint density at radius 1 is 1.47 bits per heavy atom. The van der Waals surface area contributed by atoms with E-state index in [0.29, 0.717) is 34.3 Å². The Bertz CT molecular complexity index is 632. The summed E-state index contributed by atoms with van der Waals surface area (Å²) in [6.07, 6.45) is 0. The number of amides is 1. The first kappa shape index (κ1) is 13.8. The molecule has 0 aliphatic carbocycles. The minimum Gasteiger partial charge on any atom is -0.345 e. The number of halogens is 1. The fourth-order valence-corrected chi connectivity index (χ4v) is 2.08. The van der Waals surface area contributed by atoms with Crippen molar-refractivity contribution in [2.45, 2.75) is 20.0 Å². The van der Waals surface area contributed by atoms with Crippen molar-refractivity contribution in [3.05, 3.63) is 45.4 Å². The summed E-state index contributed by atoms with van der Waals surface area (Å²) >= 11 is 10.8. The first-order valence-corrected chi connectivity index (χ1v) is 6.58. The SMILES string of the molecule is CCn1c(CNC(=O)c2ccc(Cl)cc2)n[nH]c1=S. The molecule has 0 spiro atoms. The fraction of sp³-hybridized carbons (Fsp3) is 0.250. The van der Waals surface area contributed by atoms with Crippen LogP contribution in [0, 0.1) is 4.77 Å². The summed E-state index contributed by atoms with van der Waals surface area (Å²) in [6, 6.07) is 6.71. The van der Waals surface area contributed by atoms with Gasteiger partial charge in [-0.05, 0) is 43.4 Å². The van der Waals surface area contributed by atoms with E-state index < -0.39 is 0 Å². The molecule has 0 bridgehead atoms. The average molecular weight is 297 g/mol. The van der Waals surface area contributed by atoms with Gasteiger partial charge in [-0.25, -0.2) is 0 Å². The van der Waals surface area contributed by atoms with Crippen molar-refractivity contribution in [1.82, 2.24) is 20.1 Å². The molecule has 2 rings (SSSR count). The summed E-state index contributed by atoms with van der Waals surface area (Å²) in [5.41, 5.74) is 0.557. The number of carbonyl (C=O) groups excluding carboxylic acids is 1. The van der Waals surface area contributed by atoms with Crippen LogP contribution in [-0.2, 0) is 13.1 Å². The van der Waals surface area contributed by atoms with E-state index in [4.69, 9.17) is 23.8 Å². The van der Waals surface area contributed by atoms with Crippen LogP contribution in [0.2, 0.25) is 5.02 Å². The van der Waals surface area contributed by atoms with Crippen LogP contribution >= 0.6 is 23.8 Å². The zero-order valence-corrected chi connectivity index (χ0v) is 11.9. The van der Waals surface area contributed by atoms with Crippen LogP contribution in [0.1, 0.15) is 23.1 Å². The Hall–Kier alpha value is -1.66. The molecule has 1 aromatic carbocycles. The molecule has 0 aliphatic heterocycles. The molecule has 0 aliphatic rings. The Morgan fingerprint density at radius 3 is 2.79 bits per heavy atom. The molecule has 7 heteroatoms. The Kier molecular flexibility index (Phi) is 4.34. The third kappa shape index (κ3) is 3.21. The van der Waals surface area contributed by atoms with E-state index in [1.54, 1.807) is 24.3 Å². The van der Waals surface area contributed by atoms with Gasteiger partial charge in [-0.3, -0.25) is 9.89 Å². The number of benzene rings is 1. The number of aromatic amines is 1. The Balaban J connectivity index is 2.04. The van der Waals surface area contributed by atoms with E-state index in [1.807, 2.05) is 11.5 Å². The lowest BCUT2D eigenvalue weighted by Gasteiger charge is -2.06. The number of nitrogens with zero attached hydrogens (tertiary/aromatic N) is 2. The van der Waals surface area contributed by atoms with E-state index in [9.17, 15) is 4.79 Å². The first-order valence-electron chi connectivity index (χ1n) is 5.79. The minimum atomic E-state index is -0.173. The molecule has 1 amide bonds. The van der Waals surface area contributed by atoms with Crippen LogP contribution in [0.15, 0.2) is 24.3 Å². The van der Waals surface area contributed by atoms with E-state index in [0.717, 1.165) is 0 Å². The van der Waals surface area contributed by atoms with Crippen molar-refractivity contribution in [1.29, 1.82) is 0 Å². The highest BCUT2D eigenvalue weighted by atomic mass is 35.5. The molecule has 0 fully saturated rings. The topological polar surface area (TPSA) is 62.7 Å². The highest BCUT2D eigenvalue weighted by Gasteiger charge is 2.08. The van der Waals surface area contributed by atoms with Crippen LogP contribution in [0.5, 0.6) is 0 Å². The minimum absolute atomic E-state index is 0.173. The second-order valence-electron chi connectivity index (χ2n) is 3.88. The summed E-state index contributed by atoms with van der Waals surface area (Å²) in [4.78, 5) is 11.9. The summed E-state index contributed by atoms with van der Waals surface area (Å²) in [5.74, 6) is 0.531. The number of nitrogens with one attached hydrogen (secondary N) is 2. The van der Waals surface area contributed by atoms with Crippen molar-refractivity contribution in [2.75, 3.05) is 0 Å². The van der Waals surface area contributed by atoms with E-state index in [-0.39, 0.29) is 5.91 Å². The van der Waals surface area contributed by atoms with Gasteiger partial charge in [0.2, 0.25) is 0 Å². The molecule has 0 atom stereocenters. The predicted molar refractivity (Wildman–Crippen MR) is 75.7 cm³/mol. The van der Waals surface area contributed by atoms with Gasteiger partial charge in [0.05, 0.1) is 6.54 Å². The highest BCUT2D eigenvalue weighted by molar-refractivity contribution is 7.71. The largest absolute Gasteiger partial charge is 0.345 e. The number of carbonyl (C=O) groups is 1. The molecule has 1 heterocycles. The lowest BCUT2D eigenvalue weighted by atomic mass is 10.2. The van der Waals surface area contributed by atoms with E-state index >= 15 is 0 Å². The zero-order valence-electron chi connectivity index (χ0n) is 10.3. The van der Waals surface area contributed by atoms with E-state index in [2.05, 4.69) is 15.5 Å². The molecule has 0 saturated heterocycles. The molecule has 5 nitrogen and oxygen atoms in total. The molecule has 2 N–H and O–H groups in total. The second-order valence-corrected chi connectivity index (χ2v) is 4.70. The fourth-order valence-electron chi connectivity index (χ4n) is 1.67. The van der Waals surface area contributed by atoms with Gasteiger partial charge < -0.3 is 9.88 Å². The molecular weight excluding hydrogens is 284 g/mol. The third-order valence-corrected chi connectivity index (χ3v) is 3.23.